The van der Waals surface area contributed by atoms with Crippen LogP contribution in [0.4, 0.5) is 5.69 Å². The van der Waals surface area contributed by atoms with Gasteiger partial charge in [0.2, 0.25) is 0 Å². The third-order valence-electron chi connectivity index (χ3n) is 3.32. The van der Waals surface area contributed by atoms with Crippen molar-refractivity contribution < 1.29 is 5.11 Å². The fourth-order valence-corrected chi connectivity index (χ4v) is 2.16. The van der Waals surface area contributed by atoms with Crippen LogP contribution in [0.15, 0.2) is 11.0 Å². The van der Waals surface area contributed by atoms with Gasteiger partial charge in [-0.3, -0.25) is 4.79 Å². The fraction of sp³-hybridized carbons (Fsp3) is 0.667. The molecular weight excluding hydrogens is 254 g/mol. The highest BCUT2D eigenvalue weighted by Crippen LogP contribution is 2.32. The molecule has 0 aromatic carbocycles. The van der Waals surface area contributed by atoms with Crippen molar-refractivity contribution in [3.8, 4) is 0 Å². The van der Waals surface area contributed by atoms with E-state index in [2.05, 4.69) is 10.4 Å². The van der Waals surface area contributed by atoms with E-state index in [9.17, 15) is 9.90 Å². The molecule has 0 radical (unpaired) electrons. The van der Waals surface area contributed by atoms with Crippen LogP contribution in [0.1, 0.15) is 39.2 Å². The summed E-state index contributed by atoms with van der Waals surface area (Å²) in [5.41, 5.74) is -0.480. The maximum Gasteiger partial charge on any atom is 0.287 e. The van der Waals surface area contributed by atoms with E-state index in [1.165, 1.54) is 10.9 Å². The number of rotatable bonds is 4. The summed E-state index contributed by atoms with van der Waals surface area (Å²) in [7, 11) is 0. The highest BCUT2D eigenvalue weighted by molar-refractivity contribution is 6.32. The predicted octanol–water partition coefficient (Wildman–Crippen LogP) is 1.80. The molecular formula is C12H18ClN3O2. The lowest BCUT2D eigenvalue weighted by Crippen LogP contribution is -2.43. The van der Waals surface area contributed by atoms with Crippen LogP contribution < -0.4 is 10.9 Å². The second kappa shape index (κ2) is 4.90. The number of aliphatic hydroxyl groups is 1. The summed E-state index contributed by atoms with van der Waals surface area (Å²) in [4.78, 5) is 11.9. The van der Waals surface area contributed by atoms with E-state index in [0.29, 0.717) is 12.2 Å². The monoisotopic (exact) mass is 271 g/mol. The zero-order valence-corrected chi connectivity index (χ0v) is 11.4. The first-order chi connectivity index (χ1) is 8.43. The first-order valence-electron chi connectivity index (χ1n) is 6.16. The van der Waals surface area contributed by atoms with Crippen LogP contribution in [0, 0.1) is 0 Å². The van der Waals surface area contributed by atoms with Crippen molar-refractivity contribution in [2.75, 3.05) is 11.9 Å². The number of hydrogen-bond donors (Lipinski definition) is 2. The summed E-state index contributed by atoms with van der Waals surface area (Å²) >= 11 is 6.02. The van der Waals surface area contributed by atoms with Gasteiger partial charge in [0.1, 0.15) is 5.02 Å². The smallest absolute Gasteiger partial charge is 0.287 e. The van der Waals surface area contributed by atoms with Gasteiger partial charge in [-0.1, -0.05) is 11.6 Å². The molecule has 5 nitrogen and oxygen atoms in total. The van der Waals surface area contributed by atoms with E-state index >= 15 is 0 Å². The molecule has 6 heteroatoms. The second-order valence-corrected chi connectivity index (χ2v) is 5.53. The number of anilines is 1. The maximum absolute atomic E-state index is 11.9. The number of hydrogen-bond acceptors (Lipinski definition) is 4. The zero-order chi connectivity index (χ0) is 13.3. The van der Waals surface area contributed by atoms with Crippen LogP contribution in [0.25, 0.3) is 0 Å². The molecule has 0 bridgehead atoms. The normalized spacial score (nSPS) is 17.6. The fourth-order valence-electron chi connectivity index (χ4n) is 1.96. The minimum absolute atomic E-state index is 0.0279. The zero-order valence-electron chi connectivity index (χ0n) is 10.6. The summed E-state index contributed by atoms with van der Waals surface area (Å²) in [5, 5.41) is 17.2. The Kier molecular flexibility index (Phi) is 3.64. The van der Waals surface area contributed by atoms with Crippen LogP contribution >= 0.6 is 11.6 Å². The standard InChI is InChI=1S/C12H18ClN3O2/c1-8(2)16-11(17)10(13)9(6-15-16)14-7-12(18)4-3-5-12/h6,8,14,18H,3-5,7H2,1-2H3. The first kappa shape index (κ1) is 13.4. The lowest BCUT2D eigenvalue weighted by atomic mass is 9.80. The lowest BCUT2D eigenvalue weighted by Gasteiger charge is -2.36. The third-order valence-corrected chi connectivity index (χ3v) is 3.69. The van der Waals surface area contributed by atoms with Crippen LogP contribution in [0.3, 0.4) is 0 Å². The lowest BCUT2D eigenvalue weighted by molar-refractivity contribution is -0.0202. The van der Waals surface area contributed by atoms with Crippen molar-refractivity contribution >= 4 is 17.3 Å². The van der Waals surface area contributed by atoms with Gasteiger partial charge < -0.3 is 10.4 Å². The molecule has 2 rings (SSSR count). The summed E-state index contributed by atoms with van der Waals surface area (Å²) in [6, 6.07) is -0.0279. The van der Waals surface area contributed by atoms with E-state index in [0.717, 1.165) is 19.3 Å². The summed E-state index contributed by atoms with van der Waals surface area (Å²) < 4.78 is 1.34. The number of nitrogens with zero attached hydrogens (tertiary/aromatic N) is 2. The molecule has 1 aromatic rings. The Hall–Kier alpha value is -1.07. The molecule has 18 heavy (non-hydrogen) atoms. The van der Waals surface area contributed by atoms with Crippen molar-refractivity contribution in [3.63, 3.8) is 0 Å². The minimum Gasteiger partial charge on any atom is -0.388 e. The van der Waals surface area contributed by atoms with Crippen molar-refractivity contribution in [2.24, 2.45) is 0 Å². The molecule has 1 saturated carbocycles. The molecule has 0 aliphatic heterocycles. The van der Waals surface area contributed by atoms with Crippen LogP contribution in [0.5, 0.6) is 0 Å². The van der Waals surface area contributed by atoms with Crippen molar-refractivity contribution in [1.82, 2.24) is 9.78 Å². The Labute approximate surface area is 111 Å². The van der Waals surface area contributed by atoms with E-state index in [4.69, 9.17) is 11.6 Å². The Morgan fingerprint density at radius 1 is 1.61 bits per heavy atom. The van der Waals surface area contributed by atoms with E-state index < -0.39 is 5.60 Å². The SMILES string of the molecule is CC(C)n1ncc(NCC2(O)CCC2)c(Cl)c1=O. The van der Waals surface area contributed by atoms with Gasteiger partial charge in [0, 0.05) is 6.54 Å². The maximum atomic E-state index is 11.9. The predicted molar refractivity (Wildman–Crippen MR) is 71.2 cm³/mol. The Morgan fingerprint density at radius 2 is 2.28 bits per heavy atom. The Morgan fingerprint density at radius 3 is 2.78 bits per heavy atom. The summed E-state index contributed by atoms with van der Waals surface area (Å²) in [6.07, 6.45) is 4.15. The van der Waals surface area contributed by atoms with Gasteiger partial charge in [0.05, 0.1) is 23.5 Å². The molecule has 0 saturated heterocycles. The summed E-state index contributed by atoms with van der Waals surface area (Å²) in [5.74, 6) is 0. The quantitative estimate of drug-likeness (QED) is 0.876. The number of aromatic nitrogens is 2. The van der Waals surface area contributed by atoms with Crippen molar-refractivity contribution in [3.05, 3.63) is 21.6 Å². The van der Waals surface area contributed by atoms with E-state index in [1.807, 2.05) is 13.8 Å². The average Bonchev–Trinajstić information content (AvgIpc) is 2.28. The molecule has 0 spiro atoms. The van der Waals surface area contributed by atoms with E-state index in [-0.39, 0.29) is 16.6 Å². The Bertz CT molecular complexity index is 495. The molecule has 2 N–H and O–H groups in total. The number of nitrogens with one attached hydrogen (secondary N) is 1. The minimum atomic E-state index is -0.657. The third kappa shape index (κ3) is 2.52. The van der Waals surface area contributed by atoms with Crippen LogP contribution in [0.2, 0.25) is 5.02 Å². The highest BCUT2D eigenvalue weighted by Gasteiger charge is 2.34. The van der Waals surface area contributed by atoms with Crippen molar-refractivity contribution in [2.45, 2.75) is 44.8 Å². The van der Waals surface area contributed by atoms with Gasteiger partial charge in [-0.05, 0) is 33.1 Å². The van der Waals surface area contributed by atoms with Gasteiger partial charge in [0.25, 0.3) is 5.56 Å². The van der Waals surface area contributed by atoms with Crippen molar-refractivity contribution in [1.29, 1.82) is 0 Å². The first-order valence-corrected chi connectivity index (χ1v) is 6.54. The van der Waals surface area contributed by atoms with Gasteiger partial charge in [-0.25, -0.2) is 4.68 Å². The summed E-state index contributed by atoms with van der Waals surface area (Å²) in [6.45, 7) is 4.14. The molecule has 1 fully saturated rings. The van der Waals surface area contributed by atoms with E-state index in [1.54, 1.807) is 0 Å². The van der Waals surface area contributed by atoms with Gasteiger partial charge >= 0.3 is 0 Å². The van der Waals surface area contributed by atoms with Gasteiger partial charge in [0.15, 0.2) is 0 Å². The molecule has 1 aliphatic carbocycles. The molecule has 1 aliphatic rings. The highest BCUT2D eigenvalue weighted by atomic mass is 35.5. The molecule has 0 amide bonds. The second-order valence-electron chi connectivity index (χ2n) is 5.15. The molecule has 0 unspecified atom stereocenters. The Balaban J connectivity index is 2.14. The molecule has 1 aromatic heterocycles. The van der Waals surface area contributed by atoms with Crippen LogP contribution in [-0.4, -0.2) is 27.0 Å². The molecule has 100 valence electrons. The van der Waals surface area contributed by atoms with Gasteiger partial charge in [-0.2, -0.15) is 5.10 Å². The van der Waals surface area contributed by atoms with Crippen LogP contribution in [-0.2, 0) is 0 Å². The molecule has 0 atom stereocenters. The average molecular weight is 272 g/mol. The van der Waals surface area contributed by atoms with Gasteiger partial charge in [-0.15, -0.1) is 0 Å². The largest absolute Gasteiger partial charge is 0.388 e. The topological polar surface area (TPSA) is 67.2 Å². The number of halogens is 1. The molecule has 1 heterocycles.